The van der Waals surface area contributed by atoms with Gasteiger partial charge >= 0.3 is 0 Å². The molecule has 0 fully saturated rings. The topological polar surface area (TPSA) is 71.0 Å². The first-order chi connectivity index (χ1) is 13.4. The average Bonchev–Trinajstić information content (AvgIpc) is 2.67. The molecule has 2 aromatic rings. The fourth-order valence-corrected chi connectivity index (χ4v) is 3.91. The van der Waals surface area contributed by atoms with Crippen molar-refractivity contribution in [2.45, 2.75) is 18.4 Å². The first-order valence-electron chi connectivity index (χ1n) is 8.97. The maximum absolute atomic E-state index is 13.8. The van der Waals surface area contributed by atoms with Crippen LogP contribution in [0.5, 0.6) is 5.75 Å². The molecule has 2 rings (SSSR count). The van der Waals surface area contributed by atoms with Gasteiger partial charge in [0, 0.05) is 25.7 Å². The lowest BCUT2D eigenvalue weighted by Gasteiger charge is -2.23. The van der Waals surface area contributed by atoms with E-state index < -0.39 is 15.7 Å². The second-order valence-electron chi connectivity index (χ2n) is 6.15. The third kappa shape index (κ3) is 5.69. The van der Waals surface area contributed by atoms with E-state index in [4.69, 9.17) is 4.74 Å². The van der Waals surface area contributed by atoms with Crippen LogP contribution in [0.3, 0.4) is 0 Å². The number of aliphatic imine (C=N–C) groups is 1. The van der Waals surface area contributed by atoms with Gasteiger partial charge in [-0.1, -0.05) is 30.3 Å². The molecule has 0 atom stereocenters. The molecule has 0 radical (unpaired) electrons. The smallest absolute Gasteiger partial charge is 0.193 e. The number of nitrogens with one attached hydrogen (secondary N) is 1. The van der Waals surface area contributed by atoms with Crippen LogP contribution in [-0.4, -0.2) is 52.3 Å². The molecular formula is C20H26FN3O3S. The lowest BCUT2D eigenvalue weighted by molar-refractivity contribution is 0.396. The molecule has 0 spiro atoms. The van der Waals surface area contributed by atoms with Crippen LogP contribution in [0.25, 0.3) is 0 Å². The van der Waals surface area contributed by atoms with Crippen molar-refractivity contribution in [3.63, 3.8) is 0 Å². The van der Waals surface area contributed by atoms with Crippen molar-refractivity contribution in [3.05, 3.63) is 59.9 Å². The van der Waals surface area contributed by atoms with Gasteiger partial charge in [0.2, 0.25) is 0 Å². The van der Waals surface area contributed by atoms with E-state index in [1.54, 1.807) is 7.11 Å². The van der Waals surface area contributed by atoms with Crippen molar-refractivity contribution in [3.8, 4) is 5.75 Å². The Labute approximate surface area is 166 Å². The van der Waals surface area contributed by atoms with E-state index in [-0.39, 0.29) is 17.2 Å². The summed E-state index contributed by atoms with van der Waals surface area (Å²) in [5.41, 5.74) is 0.983. The monoisotopic (exact) mass is 407 g/mol. The van der Waals surface area contributed by atoms with Crippen LogP contribution >= 0.6 is 0 Å². The van der Waals surface area contributed by atoms with Crippen LogP contribution in [0.15, 0.2) is 58.4 Å². The largest absolute Gasteiger partial charge is 0.496 e. The molecule has 8 heteroatoms. The highest BCUT2D eigenvalue weighted by molar-refractivity contribution is 7.91. The van der Waals surface area contributed by atoms with Gasteiger partial charge in [-0.05, 0) is 25.1 Å². The van der Waals surface area contributed by atoms with E-state index in [2.05, 4.69) is 10.3 Å². The minimum atomic E-state index is -3.75. The lowest BCUT2D eigenvalue weighted by Crippen LogP contribution is -2.38. The van der Waals surface area contributed by atoms with Crippen molar-refractivity contribution < 1.29 is 17.5 Å². The number of hydrogen-bond donors (Lipinski definition) is 1. The van der Waals surface area contributed by atoms with Gasteiger partial charge in [-0.2, -0.15) is 0 Å². The number of halogens is 1. The number of sulfone groups is 1. The summed E-state index contributed by atoms with van der Waals surface area (Å²) in [6.07, 6.45) is 0. The van der Waals surface area contributed by atoms with Gasteiger partial charge in [0.25, 0.3) is 0 Å². The minimum Gasteiger partial charge on any atom is -0.496 e. The van der Waals surface area contributed by atoms with E-state index >= 15 is 0 Å². The first kappa shape index (κ1) is 21.7. The predicted molar refractivity (Wildman–Crippen MR) is 109 cm³/mol. The van der Waals surface area contributed by atoms with E-state index in [0.717, 1.165) is 17.4 Å². The summed E-state index contributed by atoms with van der Waals surface area (Å²) >= 11 is 0. The van der Waals surface area contributed by atoms with Crippen molar-refractivity contribution in [2.75, 3.05) is 33.0 Å². The fourth-order valence-electron chi connectivity index (χ4n) is 2.71. The van der Waals surface area contributed by atoms with Crippen LogP contribution in [0.2, 0.25) is 0 Å². The van der Waals surface area contributed by atoms with Crippen molar-refractivity contribution in [1.82, 2.24) is 10.2 Å². The third-order valence-electron chi connectivity index (χ3n) is 4.09. The number of hydrogen-bond acceptors (Lipinski definition) is 4. The summed E-state index contributed by atoms with van der Waals surface area (Å²) in [5.74, 6) is 0.321. The van der Waals surface area contributed by atoms with E-state index in [1.165, 1.54) is 18.2 Å². The van der Waals surface area contributed by atoms with Crippen molar-refractivity contribution in [1.29, 1.82) is 0 Å². The Morgan fingerprint density at radius 2 is 1.86 bits per heavy atom. The number of benzene rings is 2. The van der Waals surface area contributed by atoms with E-state index in [0.29, 0.717) is 19.0 Å². The van der Waals surface area contributed by atoms with Gasteiger partial charge in [-0.25, -0.2) is 12.8 Å². The number of guanidine groups is 1. The van der Waals surface area contributed by atoms with Gasteiger partial charge in [-0.3, -0.25) is 4.99 Å². The maximum atomic E-state index is 13.8. The molecular weight excluding hydrogens is 381 g/mol. The molecule has 0 amide bonds. The highest BCUT2D eigenvalue weighted by Crippen LogP contribution is 2.19. The molecule has 28 heavy (non-hydrogen) atoms. The van der Waals surface area contributed by atoms with Gasteiger partial charge in [0.05, 0.1) is 19.4 Å². The third-order valence-corrected chi connectivity index (χ3v) is 5.81. The molecule has 0 aliphatic heterocycles. The zero-order valence-electron chi connectivity index (χ0n) is 16.4. The highest BCUT2D eigenvalue weighted by atomic mass is 32.2. The Hall–Kier alpha value is -2.61. The summed E-state index contributed by atoms with van der Waals surface area (Å²) in [5, 5.41) is 3.14. The minimum absolute atomic E-state index is 0.0231. The Morgan fingerprint density at radius 1 is 1.18 bits per heavy atom. The van der Waals surface area contributed by atoms with Crippen LogP contribution < -0.4 is 10.1 Å². The number of rotatable bonds is 8. The van der Waals surface area contributed by atoms with Gasteiger partial charge < -0.3 is 15.0 Å². The molecule has 1 N–H and O–H groups in total. The SMILES string of the molecule is CCNC(=NCCS(=O)(=O)c1ccccc1F)N(C)Cc1ccccc1OC. The molecule has 0 unspecified atom stereocenters. The zero-order valence-corrected chi connectivity index (χ0v) is 17.2. The zero-order chi connectivity index (χ0) is 20.6. The molecule has 0 saturated carbocycles. The van der Waals surface area contributed by atoms with E-state index in [1.807, 2.05) is 43.1 Å². The van der Waals surface area contributed by atoms with Gasteiger partial charge in [0.15, 0.2) is 15.8 Å². The predicted octanol–water partition coefficient (Wildman–Crippen LogP) is 2.71. The highest BCUT2D eigenvalue weighted by Gasteiger charge is 2.18. The molecule has 0 aromatic heterocycles. The fraction of sp³-hybridized carbons (Fsp3) is 0.350. The summed E-state index contributed by atoms with van der Waals surface area (Å²) in [4.78, 5) is 5.99. The maximum Gasteiger partial charge on any atom is 0.193 e. The average molecular weight is 408 g/mol. The normalized spacial score (nSPS) is 11.9. The van der Waals surface area contributed by atoms with Crippen molar-refractivity contribution in [2.24, 2.45) is 4.99 Å². The summed E-state index contributed by atoms with van der Waals surface area (Å²) in [6, 6.07) is 13.0. The van der Waals surface area contributed by atoms with E-state index in [9.17, 15) is 12.8 Å². The second kappa shape index (κ2) is 10.1. The van der Waals surface area contributed by atoms with Gasteiger partial charge in [-0.15, -0.1) is 0 Å². The van der Waals surface area contributed by atoms with Crippen LogP contribution in [-0.2, 0) is 16.4 Å². The quantitative estimate of drug-likeness (QED) is 0.538. The molecule has 6 nitrogen and oxygen atoms in total. The van der Waals surface area contributed by atoms with Crippen LogP contribution in [0.4, 0.5) is 4.39 Å². The molecule has 0 bridgehead atoms. The number of para-hydroxylation sites is 1. The number of nitrogens with zero attached hydrogens (tertiary/aromatic N) is 2. The van der Waals surface area contributed by atoms with Crippen LogP contribution in [0, 0.1) is 5.82 Å². The standard InChI is InChI=1S/C20H26FN3O3S/c1-4-22-20(24(2)15-16-9-5-7-11-18(16)27-3)23-13-14-28(25,26)19-12-8-6-10-17(19)21/h5-12H,4,13-15H2,1-3H3,(H,22,23). The summed E-state index contributed by atoms with van der Waals surface area (Å²) < 4.78 is 43.9. The number of methoxy groups -OCH3 is 1. The molecule has 0 aliphatic carbocycles. The molecule has 0 aliphatic rings. The number of ether oxygens (including phenoxy) is 1. The van der Waals surface area contributed by atoms with Crippen LogP contribution in [0.1, 0.15) is 12.5 Å². The molecule has 2 aromatic carbocycles. The Morgan fingerprint density at radius 3 is 2.54 bits per heavy atom. The molecule has 0 heterocycles. The molecule has 0 saturated heterocycles. The van der Waals surface area contributed by atoms with Crippen molar-refractivity contribution >= 4 is 15.8 Å². The summed E-state index contributed by atoms with van der Waals surface area (Å²) in [6.45, 7) is 3.13. The summed E-state index contributed by atoms with van der Waals surface area (Å²) in [7, 11) is -0.268. The lowest BCUT2D eigenvalue weighted by atomic mass is 10.2. The Kier molecular flexibility index (Phi) is 7.80. The second-order valence-corrected chi connectivity index (χ2v) is 8.23. The molecule has 152 valence electrons. The Bertz CT molecular complexity index is 916. The Balaban J connectivity index is 2.10. The van der Waals surface area contributed by atoms with Gasteiger partial charge in [0.1, 0.15) is 16.5 Å². The first-order valence-corrected chi connectivity index (χ1v) is 10.6.